The number of furan rings is 4. The molecule has 4 heteroatoms. The summed E-state index contributed by atoms with van der Waals surface area (Å²) in [6.45, 7) is 0. The third-order valence-electron chi connectivity index (χ3n) is 13.9. The van der Waals surface area contributed by atoms with Gasteiger partial charge in [0, 0.05) is 54.2 Å². The molecule has 15 aromatic rings. The normalized spacial score (nSPS) is 12.2. The van der Waals surface area contributed by atoms with Crippen molar-refractivity contribution in [1.29, 1.82) is 0 Å². The molecule has 0 aliphatic carbocycles. The van der Waals surface area contributed by atoms with Gasteiger partial charge in [0.25, 0.3) is 0 Å². The quantitative estimate of drug-likeness (QED) is 0.166. The summed E-state index contributed by atoms with van der Waals surface area (Å²) in [6, 6.07) is 73.1. The van der Waals surface area contributed by atoms with Gasteiger partial charge in [-0.15, -0.1) is 0 Å². The Labute approximate surface area is 376 Å². The molecule has 0 spiro atoms. The summed E-state index contributed by atoms with van der Waals surface area (Å²) in [5.74, 6) is 0. The topological polar surface area (TPSA) is 52.6 Å². The predicted molar refractivity (Wildman–Crippen MR) is 272 cm³/mol. The van der Waals surface area contributed by atoms with Crippen LogP contribution in [-0.2, 0) is 0 Å². The molecule has 11 aromatic carbocycles. The van der Waals surface area contributed by atoms with Gasteiger partial charge in [0.05, 0.1) is 0 Å². The standard InChI is InChI=1S/C62H34O4/c1-3-17-44-42(15-1)57(48-30-28-37(61-59(48)46-19-7-11-23-53(46)65-61)35-26-32-55-50(33-35)40-14-6-10-22-52(40)63-55)43-16-2-4-18-45(43)58(44)49-31-29-38(62-60(49)47-20-8-12-24-54(47)66-62)36-25-27-41-39-13-5-9-21-51(39)64-56(41)34-36/h1-34H. The van der Waals surface area contributed by atoms with Crippen molar-refractivity contribution in [2.75, 3.05) is 0 Å². The first-order chi connectivity index (χ1) is 32.7. The van der Waals surface area contributed by atoms with E-state index in [-0.39, 0.29) is 0 Å². The molecule has 0 N–H and O–H groups in total. The maximum absolute atomic E-state index is 6.93. The first kappa shape index (κ1) is 35.6. The lowest BCUT2D eigenvalue weighted by atomic mass is 9.83. The monoisotopic (exact) mass is 842 g/mol. The SMILES string of the molecule is c1ccc2c(c1)oc1cc(-c3ccc(-c4c5ccccc5c(-c5ccc(-c6ccc7oc8ccccc8c7c6)c6oc7ccccc7c56)c5ccccc45)c4c3oc3ccccc34)ccc12. The summed E-state index contributed by atoms with van der Waals surface area (Å²) in [7, 11) is 0. The van der Waals surface area contributed by atoms with E-state index in [2.05, 4.69) is 176 Å². The molecule has 0 radical (unpaired) electrons. The fourth-order valence-corrected chi connectivity index (χ4v) is 11.0. The molecule has 4 nitrogen and oxygen atoms in total. The summed E-state index contributed by atoms with van der Waals surface area (Å²) in [6.07, 6.45) is 0. The van der Waals surface area contributed by atoms with Crippen LogP contribution in [0.2, 0.25) is 0 Å². The van der Waals surface area contributed by atoms with Gasteiger partial charge in [-0.1, -0.05) is 146 Å². The van der Waals surface area contributed by atoms with Crippen molar-refractivity contribution in [3.63, 3.8) is 0 Å². The summed E-state index contributed by atoms with van der Waals surface area (Å²) in [5.41, 5.74) is 15.7. The highest BCUT2D eigenvalue weighted by Gasteiger charge is 2.25. The lowest BCUT2D eigenvalue weighted by Gasteiger charge is -2.19. The van der Waals surface area contributed by atoms with Crippen LogP contribution in [-0.4, -0.2) is 0 Å². The largest absolute Gasteiger partial charge is 0.456 e. The highest BCUT2D eigenvalue weighted by molar-refractivity contribution is 6.29. The molecule has 0 saturated heterocycles. The molecule has 0 atom stereocenters. The lowest BCUT2D eigenvalue weighted by Crippen LogP contribution is -1.93. The molecule has 0 bridgehead atoms. The minimum absolute atomic E-state index is 0.852. The molecule has 15 rings (SSSR count). The molecule has 0 aliphatic heterocycles. The van der Waals surface area contributed by atoms with Gasteiger partial charge in [-0.3, -0.25) is 0 Å². The Morgan fingerprint density at radius 2 is 0.561 bits per heavy atom. The van der Waals surface area contributed by atoms with E-state index in [1.165, 1.54) is 11.1 Å². The summed E-state index contributed by atoms with van der Waals surface area (Å²) in [4.78, 5) is 0. The number of rotatable bonds is 4. The van der Waals surface area contributed by atoms with E-state index in [1.807, 2.05) is 30.3 Å². The molecule has 306 valence electrons. The second kappa shape index (κ2) is 13.3. The molecule has 4 aromatic heterocycles. The van der Waals surface area contributed by atoms with E-state index in [9.17, 15) is 0 Å². The lowest BCUT2D eigenvalue weighted by molar-refractivity contribution is 0.668. The molecule has 0 saturated carbocycles. The molecule has 4 heterocycles. The van der Waals surface area contributed by atoms with Gasteiger partial charge in [-0.25, -0.2) is 0 Å². The highest BCUT2D eigenvalue weighted by Crippen LogP contribution is 2.51. The van der Waals surface area contributed by atoms with Crippen LogP contribution < -0.4 is 0 Å². The Hall–Kier alpha value is -8.86. The zero-order chi connectivity index (χ0) is 43.0. The van der Waals surface area contributed by atoms with Gasteiger partial charge >= 0.3 is 0 Å². The predicted octanol–water partition coefficient (Wildman–Crippen LogP) is 18.3. The third kappa shape index (κ3) is 4.93. The van der Waals surface area contributed by atoms with Crippen molar-refractivity contribution >= 4 is 109 Å². The second-order valence-electron chi connectivity index (χ2n) is 17.4. The van der Waals surface area contributed by atoms with Gasteiger partial charge in [-0.2, -0.15) is 0 Å². The minimum atomic E-state index is 0.852. The van der Waals surface area contributed by atoms with Crippen molar-refractivity contribution in [1.82, 2.24) is 0 Å². The average Bonchev–Trinajstić information content (AvgIpc) is 4.15. The zero-order valence-electron chi connectivity index (χ0n) is 35.3. The Morgan fingerprint density at radius 3 is 1.08 bits per heavy atom. The number of para-hydroxylation sites is 4. The van der Waals surface area contributed by atoms with Crippen molar-refractivity contribution in [2.24, 2.45) is 0 Å². The minimum Gasteiger partial charge on any atom is -0.456 e. The van der Waals surface area contributed by atoms with E-state index < -0.39 is 0 Å². The van der Waals surface area contributed by atoms with Crippen molar-refractivity contribution < 1.29 is 17.7 Å². The Bertz CT molecular complexity index is 4480. The van der Waals surface area contributed by atoms with Gasteiger partial charge in [0.2, 0.25) is 0 Å². The van der Waals surface area contributed by atoms with E-state index in [0.29, 0.717) is 0 Å². The maximum Gasteiger partial charge on any atom is 0.143 e. The van der Waals surface area contributed by atoms with E-state index >= 15 is 0 Å². The first-order valence-electron chi connectivity index (χ1n) is 22.4. The van der Waals surface area contributed by atoms with Crippen LogP contribution in [0, 0.1) is 0 Å². The first-order valence-corrected chi connectivity index (χ1v) is 22.4. The average molecular weight is 843 g/mol. The van der Waals surface area contributed by atoms with Gasteiger partial charge in [-0.05, 0) is 116 Å². The van der Waals surface area contributed by atoms with Gasteiger partial charge in [0.1, 0.15) is 44.7 Å². The molecule has 0 amide bonds. The van der Waals surface area contributed by atoms with Crippen molar-refractivity contribution in [3.05, 3.63) is 206 Å². The van der Waals surface area contributed by atoms with Crippen LogP contribution in [0.5, 0.6) is 0 Å². The smallest absolute Gasteiger partial charge is 0.143 e. The van der Waals surface area contributed by atoms with Crippen LogP contribution in [0.4, 0.5) is 0 Å². The summed E-state index contributed by atoms with van der Waals surface area (Å²) < 4.78 is 26.5. The van der Waals surface area contributed by atoms with Crippen LogP contribution in [0.3, 0.4) is 0 Å². The Balaban J connectivity index is 0.994. The number of hydrogen-bond acceptors (Lipinski definition) is 4. The van der Waals surface area contributed by atoms with Crippen LogP contribution in [0.1, 0.15) is 0 Å². The van der Waals surface area contributed by atoms with E-state index in [0.717, 1.165) is 143 Å². The molecular weight excluding hydrogens is 809 g/mol. The molecule has 0 fully saturated rings. The molecule has 0 unspecified atom stereocenters. The number of benzene rings is 11. The number of fused-ring (bicyclic) bond motifs is 14. The second-order valence-corrected chi connectivity index (χ2v) is 17.4. The Morgan fingerprint density at radius 1 is 0.212 bits per heavy atom. The van der Waals surface area contributed by atoms with E-state index in [4.69, 9.17) is 17.7 Å². The molecule has 66 heavy (non-hydrogen) atoms. The third-order valence-corrected chi connectivity index (χ3v) is 13.9. The fourth-order valence-electron chi connectivity index (χ4n) is 11.0. The van der Waals surface area contributed by atoms with E-state index in [1.54, 1.807) is 0 Å². The zero-order valence-corrected chi connectivity index (χ0v) is 35.3. The van der Waals surface area contributed by atoms with Gasteiger partial charge in [0.15, 0.2) is 0 Å². The van der Waals surface area contributed by atoms with Crippen LogP contribution >= 0.6 is 0 Å². The van der Waals surface area contributed by atoms with Crippen LogP contribution in [0.15, 0.2) is 224 Å². The molecular formula is C62H34O4. The Kier molecular flexibility index (Phi) is 7.19. The summed E-state index contributed by atoms with van der Waals surface area (Å²) >= 11 is 0. The van der Waals surface area contributed by atoms with Crippen molar-refractivity contribution in [3.8, 4) is 44.5 Å². The van der Waals surface area contributed by atoms with Gasteiger partial charge < -0.3 is 17.7 Å². The maximum atomic E-state index is 6.93. The van der Waals surface area contributed by atoms with Crippen molar-refractivity contribution in [2.45, 2.75) is 0 Å². The molecule has 0 aliphatic rings. The fraction of sp³-hybridized carbons (Fsp3) is 0. The summed E-state index contributed by atoms with van der Waals surface area (Å²) in [5, 5.41) is 13.4. The van der Waals surface area contributed by atoms with Crippen LogP contribution in [0.25, 0.3) is 154 Å². The highest BCUT2D eigenvalue weighted by atomic mass is 16.3. The number of hydrogen-bond donors (Lipinski definition) is 0.